The summed E-state index contributed by atoms with van der Waals surface area (Å²) in [6.07, 6.45) is 4.69. The molecule has 0 saturated heterocycles. The molecule has 0 aliphatic rings. The molecule has 0 radical (unpaired) electrons. The molecule has 4 heteroatoms. The Morgan fingerprint density at radius 3 is 1.96 bits per heavy atom. The molecule has 0 unspecified atom stereocenters. The molecule has 2 aromatic carbocycles. The first-order valence-electron chi connectivity index (χ1n) is 9.49. The summed E-state index contributed by atoms with van der Waals surface area (Å²) < 4.78 is 12.1. The predicted molar refractivity (Wildman–Crippen MR) is 118 cm³/mol. The van der Waals surface area contributed by atoms with E-state index >= 15 is 0 Å². The predicted octanol–water partition coefficient (Wildman–Crippen LogP) is 4.21. The van der Waals surface area contributed by atoms with E-state index in [0.717, 1.165) is 10.4 Å². The number of ether oxygens (including phenoxy) is 1. The molecule has 0 fully saturated rings. The Bertz CT molecular complexity index is 764. The zero-order valence-corrected chi connectivity index (χ0v) is 18.0. The SMILES string of the molecule is C=CCOC/C=C\[C@@H](C#N)O[Si](c1ccccc1)(c1ccccc1)C(C)(C)C. The number of hydrogen-bond acceptors (Lipinski definition) is 3. The van der Waals surface area contributed by atoms with Crippen molar-refractivity contribution in [3.8, 4) is 6.07 Å². The zero-order valence-electron chi connectivity index (χ0n) is 17.0. The van der Waals surface area contributed by atoms with Crippen LogP contribution in [-0.4, -0.2) is 27.6 Å². The van der Waals surface area contributed by atoms with Gasteiger partial charge < -0.3 is 9.16 Å². The van der Waals surface area contributed by atoms with E-state index in [2.05, 4.69) is 57.7 Å². The molecule has 0 amide bonds. The highest BCUT2D eigenvalue weighted by molar-refractivity contribution is 6.99. The molecule has 1 atom stereocenters. The highest BCUT2D eigenvalue weighted by Crippen LogP contribution is 2.37. The first-order valence-corrected chi connectivity index (χ1v) is 11.4. The molecule has 0 heterocycles. The summed E-state index contributed by atoms with van der Waals surface area (Å²) in [5, 5.41) is 11.9. The molecule has 0 bridgehead atoms. The molecule has 3 nitrogen and oxygen atoms in total. The van der Waals surface area contributed by atoms with Gasteiger partial charge in [0.05, 0.1) is 19.3 Å². The molecule has 0 aromatic heterocycles. The average Bonchev–Trinajstić information content (AvgIpc) is 2.70. The van der Waals surface area contributed by atoms with Crippen molar-refractivity contribution < 1.29 is 9.16 Å². The second kappa shape index (κ2) is 10.2. The maximum Gasteiger partial charge on any atom is 0.263 e. The van der Waals surface area contributed by atoms with Gasteiger partial charge in [-0.15, -0.1) is 6.58 Å². The van der Waals surface area contributed by atoms with E-state index in [9.17, 15) is 5.26 Å². The standard InChI is InChI=1S/C24H29NO2Si/c1-5-18-26-19-12-13-21(20-25)27-28(24(2,3)4,22-14-8-6-9-15-22)23-16-10-7-11-17-23/h5-17,21H,1,18-19H2,2-4H3/b13-12-/t21-/m0/s1. The highest BCUT2D eigenvalue weighted by Gasteiger charge is 2.51. The van der Waals surface area contributed by atoms with Crippen LogP contribution in [0.1, 0.15) is 20.8 Å². The smallest absolute Gasteiger partial charge is 0.263 e. The quantitative estimate of drug-likeness (QED) is 0.365. The van der Waals surface area contributed by atoms with Gasteiger partial charge in [-0.05, 0) is 21.5 Å². The van der Waals surface area contributed by atoms with Gasteiger partial charge in [0.1, 0.15) is 0 Å². The van der Waals surface area contributed by atoms with E-state index in [4.69, 9.17) is 9.16 Å². The Morgan fingerprint density at radius 2 is 1.54 bits per heavy atom. The molecule has 146 valence electrons. The van der Waals surface area contributed by atoms with Crippen LogP contribution in [0.25, 0.3) is 0 Å². The average molecular weight is 392 g/mol. The van der Waals surface area contributed by atoms with Crippen molar-refractivity contribution in [2.45, 2.75) is 31.9 Å². The van der Waals surface area contributed by atoms with Gasteiger partial charge >= 0.3 is 0 Å². The number of nitrogens with zero attached hydrogens (tertiary/aromatic N) is 1. The summed E-state index contributed by atoms with van der Waals surface area (Å²) in [5.74, 6) is 0. The molecule has 28 heavy (non-hydrogen) atoms. The summed E-state index contributed by atoms with van der Waals surface area (Å²) in [5.41, 5.74) is 0. The first-order chi connectivity index (χ1) is 13.5. The third-order valence-electron chi connectivity index (χ3n) is 4.61. The fraction of sp³-hybridized carbons (Fsp3) is 0.292. The second-order valence-electron chi connectivity index (χ2n) is 7.59. The summed E-state index contributed by atoms with van der Waals surface area (Å²) in [4.78, 5) is 0. The van der Waals surface area contributed by atoms with Crippen molar-refractivity contribution in [3.05, 3.63) is 85.5 Å². The van der Waals surface area contributed by atoms with Crippen molar-refractivity contribution >= 4 is 18.7 Å². The van der Waals surface area contributed by atoms with E-state index in [1.54, 1.807) is 12.2 Å². The van der Waals surface area contributed by atoms with Gasteiger partial charge in [-0.2, -0.15) is 5.26 Å². The fourth-order valence-corrected chi connectivity index (χ4v) is 7.92. The molecule has 0 spiro atoms. The number of nitriles is 1. The third-order valence-corrected chi connectivity index (χ3v) is 9.62. The Hall–Kier alpha value is -2.45. The van der Waals surface area contributed by atoms with E-state index in [1.165, 1.54) is 0 Å². The van der Waals surface area contributed by atoms with Gasteiger partial charge in [-0.25, -0.2) is 0 Å². The summed E-state index contributed by atoms with van der Waals surface area (Å²) in [7, 11) is -2.74. The normalized spacial score (nSPS) is 13.2. The molecule has 0 aliphatic carbocycles. The van der Waals surface area contributed by atoms with Crippen LogP contribution in [0.15, 0.2) is 85.5 Å². The molecular weight excluding hydrogens is 362 g/mol. The van der Waals surface area contributed by atoms with Crippen molar-refractivity contribution in [1.82, 2.24) is 0 Å². The van der Waals surface area contributed by atoms with Gasteiger partial charge in [-0.3, -0.25) is 0 Å². The van der Waals surface area contributed by atoms with Crippen molar-refractivity contribution in [3.63, 3.8) is 0 Å². The van der Waals surface area contributed by atoms with Crippen LogP contribution in [0, 0.1) is 11.3 Å². The van der Waals surface area contributed by atoms with Gasteiger partial charge in [0.2, 0.25) is 0 Å². The van der Waals surface area contributed by atoms with Crippen LogP contribution in [0.3, 0.4) is 0 Å². The lowest BCUT2D eigenvalue weighted by Gasteiger charge is -2.43. The Labute approximate surface area is 170 Å². The van der Waals surface area contributed by atoms with E-state index < -0.39 is 14.4 Å². The molecule has 0 aliphatic heterocycles. The highest BCUT2D eigenvalue weighted by atomic mass is 28.4. The summed E-state index contributed by atoms with van der Waals surface area (Å²) in [6, 6.07) is 23.0. The lowest BCUT2D eigenvalue weighted by atomic mass is 10.2. The number of benzene rings is 2. The minimum absolute atomic E-state index is 0.169. The molecule has 0 N–H and O–H groups in total. The first kappa shape index (κ1) is 21.8. The minimum atomic E-state index is -2.74. The number of hydrogen-bond donors (Lipinski definition) is 0. The minimum Gasteiger partial charge on any atom is -0.389 e. The third kappa shape index (κ3) is 5.08. The maximum atomic E-state index is 9.79. The van der Waals surface area contributed by atoms with Gasteiger partial charge in [-0.1, -0.05) is 93.6 Å². The van der Waals surface area contributed by atoms with E-state index in [1.807, 2.05) is 42.5 Å². The van der Waals surface area contributed by atoms with Crippen molar-refractivity contribution in [2.75, 3.05) is 13.2 Å². The molecule has 2 rings (SSSR count). The lowest BCUT2D eigenvalue weighted by Crippen LogP contribution is -2.67. The van der Waals surface area contributed by atoms with Crippen LogP contribution in [0.5, 0.6) is 0 Å². The lowest BCUT2D eigenvalue weighted by molar-refractivity contribution is 0.193. The van der Waals surface area contributed by atoms with Gasteiger partial charge in [0.15, 0.2) is 6.10 Å². The monoisotopic (exact) mass is 391 g/mol. The van der Waals surface area contributed by atoms with E-state index in [-0.39, 0.29) is 5.04 Å². The van der Waals surface area contributed by atoms with Crippen LogP contribution in [0.4, 0.5) is 0 Å². The van der Waals surface area contributed by atoms with Crippen LogP contribution in [-0.2, 0) is 9.16 Å². The Kier molecular flexibility index (Phi) is 7.95. The van der Waals surface area contributed by atoms with Crippen molar-refractivity contribution in [2.24, 2.45) is 0 Å². The van der Waals surface area contributed by atoms with Gasteiger partial charge in [0, 0.05) is 0 Å². The largest absolute Gasteiger partial charge is 0.389 e. The van der Waals surface area contributed by atoms with E-state index in [0.29, 0.717) is 13.2 Å². The maximum absolute atomic E-state index is 9.79. The topological polar surface area (TPSA) is 42.2 Å². The van der Waals surface area contributed by atoms with Gasteiger partial charge in [0.25, 0.3) is 8.32 Å². The van der Waals surface area contributed by atoms with Crippen molar-refractivity contribution in [1.29, 1.82) is 5.26 Å². The Morgan fingerprint density at radius 1 is 1.00 bits per heavy atom. The molecule has 2 aromatic rings. The second-order valence-corrected chi connectivity index (χ2v) is 11.8. The zero-order chi connectivity index (χ0) is 20.5. The molecule has 0 saturated carbocycles. The van der Waals surface area contributed by atoms with Crippen LogP contribution < -0.4 is 10.4 Å². The summed E-state index contributed by atoms with van der Waals surface area (Å²) >= 11 is 0. The van der Waals surface area contributed by atoms with Crippen LogP contribution >= 0.6 is 0 Å². The fourth-order valence-electron chi connectivity index (χ4n) is 3.39. The summed E-state index contributed by atoms with van der Waals surface area (Å²) in [6.45, 7) is 11.1. The number of rotatable bonds is 9. The Balaban J connectivity index is 2.49. The van der Waals surface area contributed by atoms with Crippen LogP contribution in [0.2, 0.25) is 5.04 Å². The molecular formula is C24H29NO2Si.